The van der Waals surface area contributed by atoms with E-state index in [2.05, 4.69) is 45.2 Å². The Balaban J connectivity index is 1.04. The summed E-state index contributed by atoms with van der Waals surface area (Å²) in [6, 6.07) is 3.57. The highest BCUT2D eigenvalue weighted by Gasteiger charge is 2.54. The fourth-order valence-electron chi connectivity index (χ4n) is 5.51. The van der Waals surface area contributed by atoms with Gasteiger partial charge in [0.25, 0.3) is 23.2 Å². The Labute approximate surface area is 337 Å². The summed E-state index contributed by atoms with van der Waals surface area (Å²) in [5, 5.41) is 50.9. The molecule has 2 aliphatic heterocycles. The Morgan fingerprint density at radius 2 is 1.93 bits per heavy atom. The number of oxime groups is 1. The largest absolute Gasteiger partial charge is 0.504 e. The fourth-order valence-corrected chi connectivity index (χ4v) is 9.59. The van der Waals surface area contributed by atoms with Gasteiger partial charge in [0.15, 0.2) is 40.5 Å². The number of aromatic nitrogens is 7. The molecule has 0 spiro atoms. The second kappa shape index (κ2) is 15.9. The van der Waals surface area contributed by atoms with Gasteiger partial charge in [0.1, 0.15) is 33.7 Å². The van der Waals surface area contributed by atoms with Gasteiger partial charge in [-0.25, -0.2) is 32.9 Å². The summed E-state index contributed by atoms with van der Waals surface area (Å²) in [7, 11) is -4.14. The van der Waals surface area contributed by atoms with Crippen LogP contribution in [0.1, 0.15) is 23.0 Å². The van der Waals surface area contributed by atoms with Crippen LogP contribution in [-0.4, -0.2) is 115 Å². The van der Waals surface area contributed by atoms with E-state index in [1.54, 1.807) is 13.0 Å². The molecule has 7 rings (SSSR count). The first-order valence-corrected chi connectivity index (χ1v) is 20.8. The standard InChI is InChI=1S/C31H28N12O11S4/c1-12-4-21(43-31(35-12)38-19(40-43)7-34-58(52,53)14-2-3-16(44)17(45)5-14)55-9-13-10-56-28-23(27(49)42(28)24(13)29(50)51)39-26(48)22(15-11-57-30(32)36-15)41-54-8-20-33-6-18(46)25(47)37-20/h2-6,11,23,28,34,44-46H,7-10H2,1H3,(H2,32,36)(H,39,48)(H,50,51)(H,33,37,47)/b41-22-/t23-,28-/m1/s1. The van der Waals surface area contributed by atoms with Crippen molar-refractivity contribution in [2.45, 2.75) is 41.4 Å². The zero-order valence-corrected chi connectivity index (χ0v) is 32.6. The van der Waals surface area contributed by atoms with Crippen LogP contribution in [0.15, 0.2) is 67.0 Å². The zero-order valence-electron chi connectivity index (χ0n) is 29.4. The van der Waals surface area contributed by atoms with Crippen LogP contribution in [0.5, 0.6) is 17.2 Å². The van der Waals surface area contributed by atoms with E-state index in [1.165, 1.54) is 33.4 Å². The van der Waals surface area contributed by atoms with E-state index in [0.29, 0.717) is 16.3 Å². The van der Waals surface area contributed by atoms with Crippen LogP contribution in [0.3, 0.4) is 0 Å². The third-order valence-corrected chi connectivity index (χ3v) is 12.7. The number of aryl methyl sites for hydroxylation is 1. The van der Waals surface area contributed by atoms with Crippen molar-refractivity contribution in [3.8, 4) is 17.2 Å². The van der Waals surface area contributed by atoms with Gasteiger partial charge in [-0.1, -0.05) is 5.16 Å². The lowest BCUT2D eigenvalue weighted by Crippen LogP contribution is -2.71. The molecule has 0 bridgehead atoms. The average molecular weight is 873 g/mol. The molecule has 1 saturated heterocycles. The number of carbonyl (C=O) groups excluding carboxylic acids is 2. The molecule has 4 aromatic heterocycles. The predicted molar refractivity (Wildman–Crippen MR) is 204 cm³/mol. The number of aromatic amines is 1. The maximum atomic E-state index is 13.5. The number of hydrogen-bond donors (Lipinski definition) is 8. The molecule has 2 atom stereocenters. The number of phenolic OH excluding ortho intramolecular Hbond substituents is 2. The quantitative estimate of drug-likeness (QED) is 0.0176. The van der Waals surface area contributed by atoms with Gasteiger partial charge in [0.2, 0.25) is 10.0 Å². The van der Waals surface area contributed by atoms with Gasteiger partial charge in [0, 0.05) is 28.6 Å². The van der Waals surface area contributed by atoms with Gasteiger partial charge in [-0.2, -0.15) is 9.50 Å². The molecule has 0 saturated carbocycles. The van der Waals surface area contributed by atoms with Crippen molar-refractivity contribution in [2.75, 3.05) is 17.2 Å². The first kappa shape index (κ1) is 39.9. The molecule has 23 nitrogen and oxygen atoms in total. The summed E-state index contributed by atoms with van der Waals surface area (Å²) in [5.41, 5.74) is 5.29. The lowest BCUT2D eigenvalue weighted by molar-refractivity contribution is -0.150. The predicted octanol–water partition coefficient (Wildman–Crippen LogP) is -0.398. The van der Waals surface area contributed by atoms with Gasteiger partial charge in [-0.3, -0.25) is 19.3 Å². The smallest absolute Gasteiger partial charge is 0.352 e. The number of thiazole rings is 1. The van der Waals surface area contributed by atoms with Crippen LogP contribution < -0.4 is 21.3 Å². The topological polar surface area (TPSA) is 343 Å². The van der Waals surface area contributed by atoms with Gasteiger partial charge in [-0.05, 0) is 30.7 Å². The normalized spacial score (nSPS) is 16.9. The molecule has 6 heterocycles. The van der Waals surface area contributed by atoms with Gasteiger partial charge in [0.05, 0.1) is 17.6 Å². The number of thioether (sulfide) groups is 2. The summed E-state index contributed by atoms with van der Waals surface area (Å²) in [6.45, 7) is 0.942. The number of sulfonamides is 1. The van der Waals surface area contributed by atoms with E-state index in [0.717, 1.165) is 40.6 Å². The van der Waals surface area contributed by atoms with Crippen molar-refractivity contribution >= 4 is 79.3 Å². The number of β-lactam (4-membered cyclic amide) rings is 1. The molecule has 27 heteroatoms. The summed E-state index contributed by atoms with van der Waals surface area (Å²) in [5.74, 6) is -4.20. The Bertz CT molecular complexity index is 2730. The zero-order chi connectivity index (χ0) is 41.5. The lowest BCUT2D eigenvalue weighted by atomic mass is 10.0. The van der Waals surface area contributed by atoms with Crippen LogP contribution in [0.25, 0.3) is 5.78 Å². The van der Waals surface area contributed by atoms with Crippen molar-refractivity contribution in [2.24, 2.45) is 5.16 Å². The van der Waals surface area contributed by atoms with Crippen molar-refractivity contribution in [3.05, 3.63) is 80.5 Å². The number of aliphatic carboxylic acids is 1. The maximum absolute atomic E-state index is 13.5. The number of nitrogen functional groups attached to an aromatic ring is 1. The number of carboxylic acid groups (broad SMARTS) is 1. The highest BCUT2D eigenvalue weighted by atomic mass is 32.2. The van der Waals surface area contributed by atoms with Crippen LogP contribution >= 0.6 is 34.9 Å². The Kier molecular flexibility index (Phi) is 11.0. The van der Waals surface area contributed by atoms with Gasteiger partial charge < -0.3 is 41.3 Å². The molecular formula is C31H28N12O11S4. The van der Waals surface area contributed by atoms with Crippen LogP contribution in [0.4, 0.5) is 5.13 Å². The Morgan fingerprint density at radius 1 is 1.14 bits per heavy atom. The SMILES string of the molecule is Cc1cc(SCC2=C(C(=O)O)N3C(=O)[C@@H](NC(=O)/C(=N\OCc4ncc(O)c(=O)[nH]4)c4csc(N)n4)[C@H]3SC2)n2nc(CNS(=O)(=O)c3ccc(O)c(O)c3)nc2n1. The van der Waals surface area contributed by atoms with E-state index in [1.807, 2.05) is 0 Å². The van der Waals surface area contributed by atoms with E-state index in [-0.39, 0.29) is 62.6 Å². The second-order valence-electron chi connectivity index (χ2n) is 12.2. The first-order valence-electron chi connectivity index (χ1n) is 16.4. The number of aromatic hydroxyl groups is 3. The first-order chi connectivity index (χ1) is 27.6. The number of amides is 2. The minimum Gasteiger partial charge on any atom is -0.504 e. The van der Waals surface area contributed by atoms with Crippen molar-refractivity contribution < 1.29 is 48.1 Å². The number of H-pyrrole nitrogens is 1. The summed E-state index contributed by atoms with van der Waals surface area (Å²) in [6.07, 6.45) is 0.912. The Hall–Kier alpha value is -6.29. The highest BCUT2D eigenvalue weighted by Crippen LogP contribution is 2.42. The second-order valence-corrected chi connectivity index (χ2v) is 16.9. The summed E-state index contributed by atoms with van der Waals surface area (Å²) >= 11 is 3.42. The van der Waals surface area contributed by atoms with Crippen LogP contribution in [0.2, 0.25) is 0 Å². The van der Waals surface area contributed by atoms with Gasteiger partial charge in [-0.15, -0.1) is 40.0 Å². The van der Waals surface area contributed by atoms with Gasteiger partial charge >= 0.3 is 5.97 Å². The summed E-state index contributed by atoms with van der Waals surface area (Å²) < 4.78 is 29.3. The minimum absolute atomic E-state index is 0.0137. The van der Waals surface area contributed by atoms with Crippen molar-refractivity contribution in [3.63, 3.8) is 0 Å². The van der Waals surface area contributed by atoms with E-state index >= 15 is 0 Å². The number of fused-ring (bicyclic) bond motifs is 2. The van der Waals surface area contributed by atoms with Crippen molar-refractivity contribution in [1.82, 2.24) is 49.5 Å². The molecule has 1 fully saturated rings. The van der Waals surface area contributed by atoms with Crippen LogP contribution in [0, 0.1) is 6.92 Å². The molecule has 0 radical (unpaired) electrons. The number of carbonyl (C=O) groups is 3. The molecule has 58 heavy (non-hydrogen) atoms. The molecule has 2 amide bonds. The number of nitrogens with one attached hydrogen (secondary N) is 3. The third-order valence-electron chi connectivity index (χ3n) is 8.23. The van der Waals surface area contributed by atoms with E-state index in [4.69, 9.17) is 10.6 Å². The summed E-state index contributed by atoms with van der Waals surface area (Å²) in [4.78, 5) is 76.1. The number of carboxylic acids is 1. The molecule has 0 unspecified atom stereocenters. The average Bonchev–Trinajstić information content (AvgIpc) is 3.81. The molecule has 302 valence electrons. The van der Waals surface area contributed by atoms with Crippen LogP contribution in [-0.2, 0) is 42.4 Å². The molecule has 5 aromatic rings. The fraction of sp³-hybridized carbons (Fsp3) is 0.226. The third kappa shape index (κ3) is 8.09. The molecule has 1 aromatic carbocycles. The molecule has 9 N–H and O–H groups in total. The lowest BCUT2D eigenvalue weighted by Gasteiger charge is -2.49. The monoisotopic (exact) mass is 872 g/mol. The highest BCUT2D eigenvalue weighted by molar-refractivity contribution is 8.01. The number of hydrogen-bond acceptors (Lipinski definition) is 20. The maximum Gasteiger partial charge on any atom is 0.352 e. The van der Waals surface area contributed by atoms with E-state index in [9.17, 15) is 48.0 Å². The molecular weight excluding hydrogens is 845 g/mol. The van der Waals surface area contributed by atoms with E-state index < -0.39 is 68.6 Å². The number of nitrogens with two attached hydrogens (primary N) is 1. The number of anilines is 1. The molecule has 0 aliphatic carbocycles. The number of rotatable bonds is 14. The molecule has 2 aliphatic rings. The van der Waals surface area contributed by atoms with Crippen molar-refractivity contribution in [1.29, 1.82) is 0 Å². The minimum atomic E-state index is -4.14. The Morgan fingerprint density at radius 3 is 2.64 bits per heavy atom. The number of benzene rings is 1. The number of phenols is 2. The number of nitrogens with zero attached hydrogens (tertiary/aromatic N) is 8.